The zero-order chi connectivity index (χ0) is 25.2. The molecule has 186 valence electrons. The van der Waals surface area contributed by atoms with Crippen molar-refractivity contribution in [3.8, 4) is 11.4 Å². The normalized spacial score (nSPS) is 11.0. The lowest BCUT2D eigenvalue weighted by molar-refractivity contribution is -0.118. The maximum Gasteiger partial charge on any atom is 0.216 e. The average Bonchev–Trinajstić information content (AvgIpc) is 3.23. The van der Waals surface area contributed by atoms with E-state index < -0.39 is 0 Å². The van der Waals surface area contributed by atoms with Crippen molar-refractivity contribution >= 4 is 23.5 Å². The number of benzene rings is 2. The first-order valence-corrected chi connectivity index (χ1v) is 13.0. The van der Waals surface area contributed by atoms with Crippen LogP contribution in [0.4, 0.5) is 0 Å². The molecule has 1 heterocycles. The SMILES string of the molecule is CCOc1ccc(-n2c(CCCNC(C)=O)nnc2SCC(=O)c2ccc(CC(C)C)cc2)cc1. The minimum Gasteiger partial charge on any atom is -0.494 e. The van der Waals surface area contributed by atoms with Crippen molar-refractivity contribution in [2.24, 2.45) is 5.92 Å². The van der Waals surface area contributed by atoms with E-state index in [0.717, 1.165) is 30.1 Å². The van der Waals surface area contributed by atoms with Crippen LogP contribution in [0, 0.1) is 5.92 Å². The highest BCUT2D eigenvalue weighted by molar-refractivity contribution is 7.99. The minimum absolute atomic E-state index is 0.0509. The summed E-state index contributed by atoms with van der Waals surface area (Å²) in [5, 5.41) is 12.3. The van der Waals surface area contributed by atoms with Crippen LogP contribution in [-0.2, 0) is 17.6 Å². The van der Waals surface area contributed by atoms with Crippen LogP contribution < -0.4 is 10.1 Å². The van der Waals surface area contributed by atoms with E-state index in [1.807, 2.05) is 60.0 Å². The van der Waals surface area contributed by atoms with Gasteiger partial charge in [0.2, 0.25) is 5.91 Å². The largest absolute Gasteiger partial charge is 0.494 e. The third-order valence-electron chi connectivity index (χ3n) is 5.31. The molecule has 0 fully saturated rings. The second kappa shape index (κ2) is 13.1. The minimum atomic E-state index is -0.0509. The van der Waals surface area contributed by atoms with Gasteiger partial charge in [0.25, 0.3) is 0 Å². The van der Waals surface area contributed by atoms with Crippen LogP contribution in [0.3, 0.4) is 0 Å². The molecule has 1 amide bonds. The molecule has 0 bridgehead atoms. The van der Waals surface area contributed by atoms with Crippen LogP contribution in [0.1, 0.15) is 55.9 Å². The van der Waals surface area contributed by atoms with Crippen molar-refractivity contribution < 1.29 is 14.3 Å². The maximum atomic E-state index is 12.9. The van der Waals surface area contributed by atoms with Gasteiger partial charge >= 0.3 is 0 Å². The molecule has 0 spiro atoms. The zero-order valence-corrected chi connectivity index (χ0v) is 21.7. The Labute approximate surface area is 211 Å². The van der Waals surface area contributed by atoms with Crippen molar-refractivity contribution in [1.82, 2.24) is 20.1 Å². The number of thioether (sulfide) groups is 1. The van der Waals surface area contributed by atoms with Crippen molar-refractivity contribution in [2.45, 2.75) is 52.1 Å². The lowest BCUT2D eigenvalue weighted by Crippen LogP contribution is -2.21. The lowest BCUT2D eigenvalue weighted by atomic mass is 10.0. The molecule has 3 aromatic rings. The van der Waals surface area contributed by atoms with E-state index >= 15 is 0 Å². The number of carbonyl (C=O) groups is 2. The summed E-state index contributed by atoms with van der Waals surface area (Å²) >= 11 is 1.38. The number of rotatable bonds is 13. The molecule has 0 aliphatic heterocycles. The van der Waals surface area contributed by atoms with E-state index in [1.54, 1.807) is 0 Å². The standard InChI is InChI=1S/C27H34N4O3S/c1-5-34-24-14-12-23(13-15-24)31-26(7-6-16-28-20(4)32)29-30-27(31)35-18-25(33)22-10-8-21(9-11-22)17-19(2)3/h8-15,19H,5-7,16-18H2,1-4H3,(H,28,32). The third-order valence-corrected chi connectivity index (χ3v) is 6.24. The number of nitrogens with zero attached hydrogens (tertiary/aromatic N) is 3. The number of ketones is 1. The van der Waals surface area contributed by atoms with E-state index in [4.69, 9.17) is 4.74 Å². The third kappa shape index (κ3) is 7.96. The molecule has 0 aliphatic carbocycles. The van der Waals surface area contributed by atoms with Gasteiger partial charge in [-0.3, -0.25) is 14.2 Å². The Hall–Kier alpha value is -3.13. The highest BCUT2D eigenvalue weighted by Crippen LogP contribution is 2.25. The van der Waals surface area contributed by atoms with Crippen LogP contribution in [-0.4, -0.2) is 45.4 Å². The molecule has 2 aromatic carbocycles. The van der Waals surface area contributed by atoms with E-state index in [1.165, 1.54) is 24.2 Å². The van der Waals surface area contributed by atoms with E-state index in [2.05, 4.69) is 29.4 Å². The van der Waals surface area contributed by atoms with E-state index in [-0.39, 0.29) is 17.4 Å². The van der Waals surface area contributed by atoms with Gasteiger partial charge in [0.1, 0.15) is 11.6 Å². The molecule has 0 atom stereocenters. The number of aromatic nitrogens is 3. The van der Waals surface area contributed by atoms with Gasteiger partial charge in [0.15, 0.2) is 10.9 Å². The van der Waals surface area contributed by atoms with Gasteiger partial charge in [-0.1, -0.05) is 49.9 Å². The molecule has 0 unspecified atom stereocenters. The highest BCUT2D eigenvalue weighted by atomic mass is 32.2. The maximum absolute atomic E-state index is 12.9. The Balaban J connectivity index is 1.74. The van der Waals surface area contributed by atoms with Crippen LogP contribution in [0.2, 0.25) is 0 Å². The van der Waals surface area contributed by atoms with Gasteiger partial charge in [-0.25, -0.2) is 0 Å². The van der Waals surface area contributed by atoms with Gasteiger partial charge < -0.3 is 10.1 Å². The molecular formula is C27H34N4O3S. The number of Topliss-reactive ketones (excluding diaryl/α,β-unsaturated/α-hetero) is 1. The first-order chi connectivity index (χ1) is 16.9. The zero-order valence-electron chi connectivity index (χ0n) is 20.9. The number of carbonyl (C=O) groups excluding carboxylic acids is 2. The van der Waals surface area contributed by atoms with Gasteiger partial charge in [-0.2, -0.15) is 0 Å². The highest BCUT2D eigenvalue weighted by Gasteiger charge is 2.17. The number of ether oxygens (including phenoxy) is 1. The molecule has 0 saturated heterocycles. The van der Waals surface area contributed by atoms with Crippen LogP contribution in [0.5, 0.6) is 5.75 Å². The Morgan fingerprint density at radius 1 is 1.06 bits per heavy atom. The van der Waals surface area contributed by atoms with Crippen LogP contribution in [0.25, 0.3) is 5.69 Å². The molecule has 0 aliphatic rings. The molecule has 1 N–H and O–H groups in total. The van der Waals surface area contributed by atoms with Crippen LogP contribution >= 0.6 is 11.8 Å². The summed E-state index contributed by atoms with van der Waals surface area (Å²) in [6.45, 7) is 8.99. The number of nitrogens with one attached hydrogen (secondary N) is 1. The summed E-state index contributed by atoms with van der Waals surface area (Å²) in [7, 11) is 0. The molecule has 0 saturated carbocycles. The molecular weight excluding hydrogens is 460 g/mol. The summed E-state index contributed by atoms with van der Waals surface area (Å²) in [4.78, 5) is 24.0. The molecule has 1 aromatic heterocycles. The van der Waals surface area contributed by atoms with Gasteiger partial charge in [0, 0.05) is 31.1 Å². The molecule has 8 heteroatoms. The Bertz CT molecular complexity index is 1110. The van der Waals surface area contributed by atoms with Crippen molar-refractivity contribution in [1.29, 1.82) is 0 Å². The first kappa shape index (κ1) is 26.5. The van der Waals surface area contributed by atoms with Crippen molar-refractivity contribution in [2.75, 3.05) is 18.9 Å². The average molecular weight is 495 g/mol. The smallest absolute Gasteiger partial charge is 0.216 e. The second-order valence-corrected chi connectivity index (χ2v) is 9.70. The number of aryl methyl sites for hydroxylation is 1. The summed E-state index contributed by atoms with van der Waals surface area (Å²) in [5.41, 5.74) is 2.84. The Morgan fingerprint density at radius 3 is 2.40 bits per heavy atom. The predicted molar refractivity (Wildman–Crippen MR) is 140 cm³/mol. The monoisotopic (exact) mass is 494 g/mol. The lowest BCUT2D eigenvalue weighted by Gasteiger charge is -2.11. The van der Waals surface area contributed by atoms with Crippen molar-refractivity contribution in [3.63, 3.8) is 0 Å². The topological polar surface area (TPSA) is 86.1 Å². The van der Waals surface area contributed by atoms with Crippen molar-refractivity contribution in [3.05, 3.63) is 65.5 Å². The Kier molecular flexibility index (Phi) is 9.90. The van der Waals surface area contributed by atoms with Gasteiger partial charge in [-0.15, -0.1) is 10.2 Å². The number of amides is 1. The molecule has 7 nitrogen and oxygen atoms in total. The fourth-order valence-electron chi connectivity index (χ4n) is 3.70. The molecule has 0 radical (unpaired) electrons. The Morgan fingerprint density at radius 2 is 1.77 bits per heavy atom. The second-order valence-electron chi connectivity index (χ2n) is 8.75. The molecule has 35 heavy (non-hydrogen) atoms. The summed E-state index contributed by atoms with van der Waals surface area (Å²) in [6, 6.07) is 15.6. The quantitative estimate of drug-likeness (QED) is 0.206. The number of hydrogen-bond acceptors (Lipinski definition) is 6. The summed E-state index contributed by atoms with van der Waals surface area (Å²) in [5.74, 6) is 2.43. The number of hydrogen-bond donors (Lipinski definition) is 1. The van der Waals surface area contributed by atoms with Crippen LogP contribution in [0.15, 0.2) is 53.7 Å². The van der Waals surface area contributed by atoms with E-state index in [0.29, 0.717) is 36.2 Å². The fourth-order valence-corrected chi connectivity index (χ4v) is 4.56. The molecule has 3 rings (SSSR count). The first-order valence-electron chi connectivity index (χ1n) is 12.0. The fraction of sp³-hybridized carbons (Fsp3) is 0.407. The summed E-state index contributed by atoms with van der Waals surface area (Å²) in [6.07, 6.45) is 2.38. The predicted octanol–water partition coefficient (Wildman–Crippen LogP) is 4.91. The van der Waals surface area contributed by atoms with Gasteiger partial charge in [0.05, 0.1) is 12.4 Å². The van der Waals surface area contributed by atoms with E-state index in [9.17, 15) is 9.59 Å². The van der Waals surface area contributed by atoms with Gasteiger partial charge in [-0.05, 0) is 55.5 Å². The summed E-state index contributed by atoms with van der Waals surface area (Å²) < 4.78 is 7.55.